The van der Waals surface area contributed by atoms with Crippen molar-refractivity contribution in [2.24, 2.45) is 0 Å². The first-order valence-electron chi connectivity index (χ1n) is 11.7. The number of benzene rings is 1. The van der Waals surface area contributed by atoms with Crippen molar-refractivity contribution in [3.63, 3.8) is 0 Å². The highest BCUT2D eigenvalue weighted by Crippen LogP contribution is 2.38. The Balaban J connectivity index is 2.56. The van der Waals surface area contributed by atoms with Crippen LogP contribution in [0.25, 0.3) is 0 Å². The summed E-state index contributed by atoms with van der Waals surface area (Å²) in [6.07, 6.45) is 16.8. The van der Waals surface area contributed by atoms with Crippen molar-refractivity contribution in [2.75, 3.05) is 21.3 Å². The standard InChI is InChI=1S/C29H44O3/c1-22(2)12-9-13-23(3)14-10-15-24(4)16-11-17-25(5)18-19-26-27(30-6)20-21-28(31-7)29(26)32-8/h12,14,16,18,20-21H,9-11,13,15,17,19H2,1-8H3/b23-14+,24-16+,25-18+. The van der Waals surface area contributed by atoms with Crippen molar-refractivity contribution in [1.82, 2.24) is 0 Å². The van der Waals surface area contributed by atoms with E-state index >= 15 is 0 Å². The van der Waals surface area contributed by atoms with E-state index in [1.54, 1.807) is 21.3 Å². The van der Waals surface area contributed by atoms with Crippen LogP contribution in [0.5, 0.6) is 17.2 Å². The number of hydrogen-bond donors (Lipinski definition) is 0. The maximum atomic E-state index is 5.59. The van der Waals surface area contributed by atoms with E-state index in [0.717, 1.165) is 61.3 Å². The average Bonchev–Trinajstić information content (AvgIpc) is 2.76. The lowest BCUT2D eigenvalue weighted by Gasteiger charge is -2.15. The normalized spacial score (nSPS) is 12.6. The molecule has 0 spiro atoms. The molecule has 32 heavy (non-hydrogen) atoms. The SMILES string of the molecule is COc1ccc(OC)c(OC)c1C/C=C(\C)CC/C=C(\C)CC/C=C(\C)CCC=C(C)C. The molecular formula is C29H44O3. The average molecular weight is 441 g/mol. The summed E-state index contributed by atoms with van der Waals surface area (Å²) in [4.78, 5) is 0. The van der Waals surface area contributed by atoms with Crippen molar-refractivity contribution >= 4 is 0 Å². The molecule has 0 aromatic heterocycles. The zero-order valence-electron chi connectivity index (χ0n) is 21.6. The molecule has 0 bridgehead atoms. The lowest BCUT2D eigenvalue weighted by Crippen LogP contribution is -1.99. The van der Waals surface area contributed by atoms with E-state index in [1.165, 1.54) is 28.7 Å². The summed E-state index contributed by atoms with van der Waals surface area (Å²) in [6.45, 7) is 11.0. The van der Waals surface area contributed by atoms with Gasteiger partial charge in [0.05, 0.1) is 21.3 Å². The summed E-state index contributed by atoms with van der Waals surface area (Å²) in [6, 6.07) is 3.81. The van der Waals surface area contributed by atoms with Gasteiger partial charge >= 0.3 is 0 Å². The van der Waals surface area contributed by atoms with Gasteiger partial charge in [0.15, 0.2) is 11.5 Å². The van der Waals surface area contributed by atoms with Gasteiger partial charge in [0, 0.05) is 5.56 Å². The maximum absolute atomic E-state index is 5.59. The molecule has 0 N–H and O–H groups in total. The second-order valence-electron chi connectivity index (χ2n) is 8.73. The predicted octanol–water partition coefficient (Wildman–Crippen LogP) is 8.40. The molecule has 0 aliphatic carbocycles. The molecule has 1 rings (SSSR count). The quantitative estimate of drug-likeness (QED) is 0.272. The fourth-order valence-corrected chi connectivity index (χ4v) is 3.62. The summed E-state index contributed by atoms with van der Waals surface area (Å²) in [7, 11) is 5.02. The maximum Gasteiger partial charge on any atom is 0.167 e. The monoisotopic (exact) mass is 440 g/mol. The minimum absolute atomic E-state index is 0.731. The van der Waals surface area contributed by atoms with Gasteiger partial charge in [-0.05, 0) is 91.7 Å². The van der Waals surface area contributed by atoms with Crippen LogP contribution in [-0.2, 0) is 6.42 Å². The van der Waals surface area contributed by atoms with Crippen molar-refractivity contribution in [2.45, 2.75) is 79.6 Å². The van der Waals surface area contributed by atoms with Crippen LogP contribution in [0, 0.1) is 0 Å². The van der Waals surface area contributed by atoms with Gasteiger partial charge in [0.2, 0.25) is 0 Å². The molecule has 0 unspecified atom stereocenters. The summed E-state index contributed by atoms with van der Waals surface area (Å²) >= 11 is 0. The van der Waals surface area contributed by atoms with Crippen LogP contribution in [-0.4, -0.2) is 21.3 Å². The van der Waals surface area contributed by atoms with Gasteiger partial charge in [-0.15, -0.1) is 0 Å². The predicted molar refractivity (Wildman–Crippen MR) is 138 cm³/mol. The van der Waals surface area contributed by atoms with E-state index in [2.05, 4.69) is 58.9 Å². The smallest absolute Gasteiger partial charge is 0.167 e. The van der Waals surface area contributed by atoms with Gasteiger partial charge in [0.1, 0.15) is 5.75 Å². The fourth-order valence-electron chi connectivity index (χ4n) is 3.62. The Bertz CT molecular complexity index is 821. The van der Waals surface area contributed by atoms with Gasteiger partial charge in [-0.2, -0.15) is 0 Å². The second-order valence-corrected chi connectivity index (χ2v) is 8.73. The Hall–Kier alpha value is -2.42. The first kappa shape index (κ1) is 27.6. The zero-order valence-corrected chi connectivity index (χ0v) is 21.6. The van der Waals surface area contributed by atoms with Crippen LogP contribution in [0.4, 0.5) is 0 Å². The van der Waals surface area contributed by atoms with Crippen LogP contribution in [0.15, 0.2) is 58.7 Å². The number of rotatable bonds is 14. The minimum atomic E-state index is 0.731. The van der Waals surface area contributed by atoms with Gasteiger partial charge in [-0.25, -0.2) is 0 Å². The molecule has 0 amide bonds. The van der Waals surface area contributed by atoms with Crippen LogP contribution in [0.1, 0.15) is 78.7 Å². The Labute approximate surface area is 196 Å². The lowest BCUT2D eigenvalue weighted by atomic mass is 10.0. The van der Waals surface area contributed by atoms with Gasteiger partial charge < -0.3 is 14.2 Å². The highest BCUT2D eigenvalue weighted by molar-refractivity contribution is 5.54. The second kappa shape index (κ2) is 15.4. The van der Waals surface area contributed by atoms with Crippen molar-refractivity contribution in [3.05, 3.63) is 64.3 Å². The van der Waals surface area contributed by atoms with E-state index in [9.17, 15) is 0 Å². The van der Waals surface area contributed by atoms with Gasteiger partial charge in [-0.1, -0.05) is 46.6 Å². The van der Waals surface area contributed by atoms with E-state index in [1.807, 2.05) is 12.1 Å². The van der Waals surface area contributed by atoms with E-state index < -0.39 is 0 Å². The molecule has 1 aromatic carbocycles. The van der Waals surface area contributed by atoms with Crippen molar-refractivity contribution in [1.29, 1.82) is 0 Å². The van der Waals surface area contributed by atoms with Gasteiger partial charge in [0.25, 0.3) is 0 Å². The Morgan fingerprint density at radius 3 is 1.56 bits per heavy atom. The Kier molecular flexibility index (Phi) is 13.3. The third-order valence-electron chi connectivity index (χ3n) is 5.63. The third kappa shape index (κ3) is 10.3. The third-order valence-corrected chi connectivity index (χ3v) is 5.63. The van der Waals surface area contributed by atoms with Crippen molar-refractivity contribution < 1.29 is 14.2 Å². The highest BCUT2D eigenvalue weighted by atomic mass is 16.5. The lowest BCUT2D eigenvalue weighted by molar-refractivity contribution is 0.344. The molecule has 1 aromatic rings. The molecular weight excluding hydrogens is 396 g/mol. The van der Waals surface area contributed by atoms with Crippen LogP contribution in [0.3, 0.4) is 0 Å². The molecule has 0 saturated heterocycles. The molecule has 0 heterocycles. The fraction of sp³-hybridized carbons (Fsp3) is 0.517. The van der Waals surface area contributed by atoms with E-state index in [0.29, 0.717) is 0 Å². The number of allylic oxidation sites excluding steroid dienone is 8. The van der Waals surface area contributed by atoms with E-state index in [4.69, 9.17) is 14.2 Å². The minimum Gasteiger partial charge on any atom is -0.496 e. The van der Waals surface area contributed by atoms with Crippen LogP contribution >= 0.6 is 0 Å². The van der Waals surface area contributed by atoms with Gasteiger partial charge in [-0.3, -0.25) is 0 Å². The highest BCUT2D eigenvalue weighted by Gasteiger charge is 2.14. The molecule has 0 saturated carbocycles. The van der Waals surface area contributed by atoms with Crippen LogP contribution < -0.4 is 14.2 Å². The van der Waals surface area contributed by atoms with Crippen molar-refractivity contribution in [3.8, 4) is 17.2 Å². The Morgan fingerprint density at radius 1 is 0.625 bits per heavy atom. The summed E-state index contributed by atoms with van der Waals surface area (Å²) in [5.41, 5.74) is 6.77. The summed E-state index contributed by atoms with van der Waals surface area (Å²) < 4.78 is 16.6. The summed E-state index contributed by atoms with van der Waals surface area (Å²) in [5, 5.41) is 0. The topological polar surface area (TPSA) is 27.7 Å². The molecule has 0 fully saturated rings. The molecule has 0 radical (unpaired) electrons. The molecule has 0 aliphatic rings. The number of ether oxygens (including phenoxy) is 3. The molecule has 0 atom stereocenters. The Morgan fingerprint density at radius 2 is 1.09 bits per heavy atom. The first-order valence-corrected chi connectivity index (χ1v) is 11.7. The number of hydrogen-bond acceptors (Lipinski definition) is 3. The van der Waals surface area contributed by atoms with Crippen LogP contribution in [0.2, 0.25) is 0 Å². The van der Waals surface area contributed by atoms with E-state index in [-0.39, 0.29) is 0 Å². The molecule has 3 heteroatoms. The molecule has 3 nitrogen and oxygen atoms in total. The molecule has 0 aliphatic heterocycles. The number of methoxy groups -OCH3 is 3. The summed E-state index contributed by atoms with van der Waals surface area (Å²) in [5.74, 6) is 2.30. The molecule has 178 valence electrons. The largest absolute Gasteiger partial charge is 0.496 e. The zero-order chi connectivity index (χ0) is 23.9. The first-order chi connectivity index (χ1) is 15.3.